The number of rotatable bonds is 3. The second kappa shape index (κ2) is 5.40. The molecule has 2 heterocycles. The van der Waals surface area contributed by atoms with Gasteiger partial charge in [-0.15, -0.1) is 0 Å². The van der Waals surface area contributed by atoms with Gasteiger partial charge in [-0.2, -0.15) is 0 Å². The van der Waals surface area contributed by atoms with Crippen molar-refractivity contribution in [1.29, 1.82) is 0 Å². The molecule has 2 aromatic rings. The summed E-state index contributed by atoms with van der Waals surface area (Å²) < 4.78 is 22.8. The van der Waals surface area contributed by atoms with Crippen molar-refractivity contribution in [2.75, 3.05) is 16.8 Å². The van der Waals surface area contributed by atoms with Crippen molar-refractivity contribution >= 4 is 15.5 Å². The summed E-state index contributed by atoms with van der Waals surface area (Å²) >= 11 is 0. The highest BCUT2D eigenvalue weighted by Gasteiger charge is 2.23. The first kappa shape index (κ1) is 13.9. The highest BCUT2D eigenvalue weighted by Crippen LogP contribution is 2.21. The van der Waals surface area contributed by atoms with Gasteiger partial charge in [0.2, 0.25) is 0 Å². The Hall–Kier alpha value is -2.02. The summed E-state index contributed by atoms with van der Waals surface area (Å²) in [6.45, 7) is 0. The molecule has 1 aromatic heterocycles. The van der Waals surface area contributed by atoms with Gasteiger partial charge in [-0.25, -0.2) is 8.42 Å². The molecule has 0 amide bonds. The molecule has 1 saturated heterocycles. The average molecular weight is 307 g/mol. The van der Waals surface area contributed by atoms with Gasteiger partial charge < -0.3 is 5.32 Å². The normalized spacial score (nSPS) is 18.5. The number of hydrogen-bond acceptors (Lipinski definition) is 4. The third-order valence-corrected chi connectivity index (χ3v) is 5.43. The van der Waals surface area contributed by atoms with Crippen molar-refractivity contribution in [2.24, 2.45) is 0 Å². The van der Waals surface area contributed by atoms with E-state index in [1.54, 1.807) is 0 Å². The van der Waals surface area contributed by atoms with Crippen LogP contribution in [0.4, 0.5) is 5.69 Å². The fourth-order valence-electron chi connectivity index (χ4n) is 2.50. The predicted molar refractivity (Wildman–Crippen MR) is 82.1 cm³/mol. The van der Waals surface area contributed by atoms with E-state index in [1.165, 1.54) is 6.07 Å². The maximum absolute atomic E-state index is 11.4. The molecule has 1 fully saturated rings. The van der Waals surface area contributed by atoms with Gasteiger partial charge >= 0.3 is 0 Å². The smallest absolute Gasteiger partial charge is 0.264 e. The van der Waals surface area contributed by atoms with Crippen LogP contribution < -0.4 is 10.9 Å². The highest BCUT2D eigenvalue weighted by molar-refractivity contribution is 7.91. The molecule has 0 spiro atoms. The third-order valence-electron chi connectivity index (χ3n) is 3.72. The molecule has 0 saturated carbocycles. The fraction of sp³-hybridized carbons (Fsp3) is 0.357. The molecule has 6 nitrogen and oxygen atoms in total. The van der Waals surface area contributed by atoms with Crippen LogP contribution in [-0.2, 0) is 9.84 Å². The van der Waals surface area contributed by atoms with E-state index in [2.05, 4.69) is 15.5 Å². The summed E-state index contributed by atoms with van der Waals surface area (Å²) in [5.41, 5.74) is 2.47. The first-order valence-corrected chi connectivity index (χ1v) is 8.69. The molecule has 0 radical (unpaired) electrons. The monoisotopic (exact) mass is 307 g/mol. The molecule has 112 valence electrons. The van der Waals surface area contributed by atoms with E-state index in [0.717, 1.165) is 16.9 Å². The van der Waals surface area contributed by atoms with Crippen LogP contribution in [0.2, 0.25) is 0 Å². The van der Waals surface area contributed by atoms with E-state index >= 15 is 0 Å². The van der Waals surface area contributed by atoms with Crippen LogP contribution in [0.3, 0.4) is 0 Å². The average Bonchev–Trinajstić information content (AvgIpc) is 2.89. The van der Waals surface area contributed by atoms with Gasteiger partial charge in [0.05, 0.1) is 17.2 Å². The molecule has 21 heavy (non-hydrogen) atoms. The first-order valence-electron chi connectivity index (χ1n) is 6.87. The van der Waals surface area contributed by atoms with Crippen molar-refractivity contribution in [2.45, 2.75) is 18.9 Å². The molecule has 0 aliphatic carbocycles. The van der Waals surface area contributed by atoms with Crippen LogP contribution in [0.1, 0.15) is 12.8 Å². The van der Waals surface area contributed by atoms with E-state index in [4.69, 9.17) is 0 Å². The number of benzene rings is 1. The SMILES string of the molecule is O=c1cc(-c2ccc(NC3CCS(=O)(=O)CC3)cc2)[nH][nH]1. The minimum atomic E-state index is -2.83. The molecular weight excluding hydrogens is 290 g/mol. The summed E-state index contributed by atoms with van der Waals surface area (Å²) in [5, 5.41) is 8.67. The van der Waals surface area contributed by atoms with Crippen LogP contribution in [0.25, 0.3) is 11.3 Å². The number of sulfone groups is 1. The van der Waals surface area contributed by atoms with E-state index < -0.39 is 9.84 Å². The van der Waals surface area contributed by atoms with Gasteiger partial charge in [0.25, 0.3) is 5.56 Å². The molecule has 1 aromatic carbocycles. The van der Waals surface area contributed by atoms with Gasteiger partial charge in [-0.3, -0.25) is 15.0 Å². The Morgan fingerprint density at radius 2 is 1.71 bits per heavy atom. The van der Waals surface area contributed by atoms with Crippen LogP contribution in [0.5, 0.6) is 0 Å². The maximum atomic E-state index is 11.4. The molecule has 0 bridgehead atoms. The van der Waals surface area contributed by atoms with Crippen molar-refractivity contribution in [3.8, 4) is 11.3 Å². The van der Waals surface area contributed by atoms with Crippen LogP contribution in [0, 0.1) is 0 Å². The second-order valence-electron chi connectivity index (χ2n) is 5.32. The Morgan fingerprint density at radius 1 is 1.05 bits per heavy atom. The lowest BCUT2D eigenvalue weighted by atomic mass is 10.1. The van der Waals surface area contributed by atoms with Gasteiger partial charge in [-0.05, 0) is 30.5 Å². The quantitative estimate of drug-likeness (QED) is 0.798. The summed E-state index contributed by atoms with van der Waals surface area (Å²) in [7, 11) is -2.83. The van der Waals surface area contributed by atoms with Crippen LogP contribution in [0.15, 0.2) is 35.1 Å². The molecule has 1 aliphatic heterocycles. The van der Waals surface area contributed by atoms with Crippen molar-refractivity contribution < 1.29 is 8.42 Å². The topological polar surface area (TPSA) is 94.8 Å². The fourth-order valence-corrected chi connectivity index (χ4v) is 4.00. The lowest BCUT2D eigenvalue weighted by molar-refractivity contribution is 0.559. The first-order chi connectivity index (χ1) is 10.0. The summed E-state index contributed by atoms with van der Waals surface area (Å²) in [5.74, 6) is 0.515. The number of aromatic nitrogens is 2. The van der Waals surface area contributed by atoms with Crippen LogP contribution in [-0.4, -0.2) is 36.2 Å². The predicted octanol–water partition coefficient (Wildman–Crippen LogP) is 1.36. The molecule has 7 heteroatoms. The standard InChI is InChI=1S/C14H17N3O3S/c18-14-9-13(16-17-14)10-1-3-11(4-2-10)15-12-5-7-21(19,20)8-6-12/h1-4,9,12,15H,5-8H2,(H2,16,17,18). The number of anilines is 1. The Balaban J connectivity index is 1.66. The number of aromatic amines is 2. The van der Waals surface area contributed by atoms with E-state index in [-0.39, 0.29) is 23.1 Å². The van der Waals surface area contributed by atoms with E-state index in [1.807, 2.05) is 24.3 Å². The van der Waals surface area contributed by atoms with E-state index in [9.17, 15) is 13.2 Å². The summed E-state index contributed by atoms with van der Waals surface area (Å²) in [6.07, 6.45) is 1.30. The number of H-pyrrole nitrogens is 2. The molecule has 0 atom stereocenters. The zero-order valence-electron chi connectivity index (χ0n) is 11.4. The minimum Gasteiger partial charge on any atom is -0.382 e. The molecule has 1 aliphatic rings. The zero-order valence-corrected chi connectivity index (χ0v) is 12.2. The third kappa shape index (κ3) is 3.36. The highest BCUT2D eigenvalue weighted by atomic mass is 32.2. The molecule has 3 N–H and O–H groups in total. The van der Waals surface area contributed by atoms with Gasteiger partial charge in [0.1, 0.15) is 9.84 Å². The Kier molecular flexibility index (Phi) is 3.59. The number of nitrogens with one attached hydrogen (secondary N) is 3. The van der Waals surface area contributed by atoms with Crippen molar-refractivity contribution in [3.63, 3.8) is 0 Å². The number of hydrogen-bond donors (Lipinski definition) is 3. The summed E-state index contributed by atoms with van der Waals surface area (Å²) in [4.78, 5) is 11.1. The summed E-state index contributed by atoms with van der Waals surface area (Å²) in [6, 6.07) is 9.41. The Morgan fingerprint density at radius 3 is 2.29 bits per heavy atom. The Bertz CT molecular complexity index is 760. The van der Waals surface area contributed by atoms with Gasteiger partial charge in [-0.1, -0.05) is 12.1 Å². The molecule has 3 rings (SSSR count). The maximum Gasteiger partial charge on any atom is 0.264 e. The van der Waals surface area contributed by atoms with Gasteiger partial charge in [0.15, 0.2) is 0 Å². The zero-order chi connectivity index (χ0) is 14.9. The largest absolute Gasteiger partial charge is 0.382 e. The van der Waals surface area contributed by atoms with E-state index in [0.29, 0.717) is 12.8 Å². The van der Waals surface area contributed by atoms with Gasteiger partial charge in [0, 0.05) is 17.8 Å². The van der Waals surface area contributed by atoms with Crippen molar-refractivity contribution in [3.05, 3.63) is 40.7 Å². The molecule has 0 unspecified atom stereocenters. The minimum absolute atomic E-state index is 0.157. The van der Waals surface area contributed by atoms with Crippen LogP contribution >= 0.6 is 0 Å². The Labute approximate surface area is 122 Å². The second-order valence-corrected chi connectivity index (χ2v) is 7.62. The molecular formula is C14H17N3O3S. The lowest BCUT2D eigenvalue weighted by Gasteiger charge is -2.24. The van der Waals surface area contributed by atoms with Crippen molar-refractivity contribution in [1.82, 2.24) is 10.2 Å². The lowest BCUT2D eigenvalue weighted by Crippen LogP contribution is -2.32.